The smallest absolute Gasteiger partial charge is 0.324 e. The maximum atomic E-state index is 15.1. The largest absolute Gasteiger partial charge is 0.464 e. The molecule has 5 aliphatic rings. The van der Waals surface area contributed by atoms with Crippen molar-refractivity contribution >= 4 is 40.4 Å². The number of quaternary nitrogens is 1. The lowest BCUT2D eigenvalue weighted by molar-refractivity contribution is -0.727. The number of Topliss-reactive ketones (excluding diaryl/α,β-unsaturated/α-hetero) is 1. The minimum atomic E-state index is -1.11. The zero-order valence-corrected chi connectivity index (χ0v) is 44.4. The number of cyclic esters (lactones) is 1. The van der Waals surface area contributed by atoms with Crippen LogP contribution in [0.1, 0.15) is 107 Å². The summed E-state index contributed by atoms with van der Waals surface area (Å²) in [5.41, 5.74) is 11.1. The standard InChI is InChI=1S/C59H74N6O8/c1-10-40(18-13-20-43(66)21-14-26-63-28-30-72-31-29-63)55(68)65(8)35-59(65,37(2)3)57(70)60-47-33-39-17-12-19-41(32-39)42-24-25-48-45(34-42)50-51(53(71-9)49-38(4)16-11-22-44(49)52(50)62(48)7)58(5,6)36-73-56(69)46-23-15-27-64(61-46)54(47)67/h11-12,16-17,19,22,24-25,32,34,37,40,46-47,51,53,61H,10,13,15,18,20,23,26-31,33,35-36H2,1-9H3/p+1/t40-,46+,47+,51?,53-,59+,65?/m1/s1. The lowest BCUT2D eigenvalue weighted by Crippen LogP contribution is -2.62. The number of aryl methyl sites for hydroxylation is 2. The van der Waals surface area contributed by atoms with Gasteiger partial charge in [0, 0.05) is 80.4 Å². The first kappa shape index (κ1) is 52.2. The van der Waals surface area contributed by atoms with E-state index in [1.807, 2.05) is 40.0 Å². The van der Waals surface area contributed by atoms with E-state index in [0.29, 0.717) is 65.0 Å². The van der Waals surface area contributed by atoms with Gasteiger partial charge in [-0.3, -0.25) is 29.1 Å². The number of carbonyl (C=O) groups excluding carboxylic acids is 5. The van der Waals surface area contributed by atoms with Crippen molar-refractivity contribution in [1.82, 2.24) is 25.2 Å². The van der Waals surface area contributed by atoms with Gasteiger partial charge in [0.05, 0.1) is 51.1 Å². The summed E-state index contributed by atoms with van der Waals surface area (Å²) in [7, 11) is 5.72. The Morgan fingerprint density at radius 3 is 2.49 bits per heavy atom. The molecule has 388 valence electrons. The molecule has 3 fully saturated rings. The summed E-state index contributed by atoms with van der Waals surface area (Å²) >= 11 is 0. The van der Waals surface area contributed by atoms with Crippen LogP contribution in [0.4, 0.5) is 0 Å². The first-order valence-corrected chi connectivity index (χ1v) is 26.5. The van der Waals surface area contributed by atoms with Crippen molar-refractivity contribution in [3.8, 4) is 34.2 Å². The van der Waals surface area contributed by atoms with Crippen molar-refractivity contribution in [1.29, 1.82) is 0 Å². The number of ketones is 1. The number of nitrogens with zero attached hydrogens (tertiary/aromatic N) is 4. The van der Waals surface area contributed by atoms with E-state index in [2.05, 4.69) is 108 Å². The minimum absolute atomic E-state index is 0.0387. The lowest BCUT2D eigenvalue weighted by atomic mass is 9.65. The molecule has 2 N–H and O–H groups in total. The molecule has 14 nitrogen and oxygen atoms in total. The first-order valence-electron chi connectivity index (χ1n) is 26.5. The highest BCUT2D eigenvalue weighted by atomic mass is 16.5. The molecule has 4 aromatic rings. The van der Waals surface area contributed by atoms with E-state index in [4.69, 9.17) is 14.2 Å². The number of aromatic nitrogens is 1. The third-order valence-corrected chi connectivity index (χ3v) is 17.0. The number of fused-ring (bicyclic) bond motifs is 8. The van der Waals surface area contributed by atoms with Gasteiger partial charge in [-0.05, 0) is 90.5 Å². The molecule has 1 aliphatic carbocycles. The molecule has 2 unspecified atom stereocenters. The second-order valence-corrected chi connectivity index (χ2v) is 22.4. The number of ether oxygens (including phenoxy) is 3. The number of hydrogen-bond donors (Lipinski definition) is 2. The average molecular weight is 996 g/mol. The van der Waals surface area contributed by atoms with Crippen LogP contribution in [0, 0.1) is 36.0 Å². The van der Waals surface area contributed by atoms with Gasteiger partial charge in [-0.2, -0.15) is 0 Å². The van der Waals surface area contributed by atoms with Crippen LogP contribution in [0.5, 0.6) is 0 Å². The quantitative estimate of drug-likeness (QED) is 0.0520. The highest BCUT2D eigenvalue weighted by Gasteiger charge is 2.78. The normalized spacial score (nSPS) is 26.2. The Hall–Kier alpha value is -5.69. The molecule has 1 aromatic heterocycles. The molecule has 5 heterocycles. The van der Waals surface area contributed by atoms with Crippen LogP contribution in [0.25, 0.3) is 33.3 Å². The summed E-state index contributed by atoms with van der Waals surface area (Å²) in [4.78, 5) is 73.9. The molecular formula is C59H75N6O8+. The zero-order valence-electron chi connectivity index (χ0n) is 44.4. The van der Waals surface area contributed by atoms with Gasteiger partial charge in [-0.1, -0.05) is 89.1 Å². The number of hydrogen-bond acceptors (Lipinski definition) is 10. The fraction of sp³-hybridized carbons (Fsp3) is 0.542. The van der Waals surface area contributed by atoms with Crippen molar-refractivity contribution in [2.75, 3.05) is 66.7 Å². The molecule has 4 aliphatic heterocycles. The average Bonchev–Trinajstić information content (AvgIpc) is 3.96. The predicted octanol–water partition coefficient (Wildman–Crippen LogP) is 7.19. The summed E-state index contributed by atoms with van der Waals surface area (Å²) in [5.74, 6) is 3.64. The van der Waals surface area contributed by atoms with Crippen molar-refractivity contribution < 1.29 is 42.7 Å². The molecule has 3 aromatic carbocycles. The van der Waals surface area contributed by atoms with Gasteiger partial charge in [-0.15, -0.1) is 0 Å². The molecule has 6 bridgehead atoms. The van der Waals surface area contributed by atoms with E-state index >= 15 is 9.59 Å². The Labute approximate surface area is 431 Å². The third kappa shape index (κ3) is 9.68. The van der Waals surface area contributed by atoms with Crippen molar-refractivity contribution in [2.45, 2.75) is 116 Å². The number of likely N-dealkylation sites (N-methyl/N-ethyl adjacent to an activating group) is 1. The molecule has 0 saturated carbocycles. The van der Waals surface area contributed by atoms with Crippen LogP contribution in [0.3, 0.4) is 0 Å². The molecule has 9 rings (SSSR count). The Balaban J connectivity index is 1.02. The summed E-state index contributed by atoms with van der Waals surface area (Å²) in [6.07, 6.45) is 2.73. The number of methoxy groups -OCH3 is 1. The molecule has 3 amide bonds. The Kier molecular flexibility index (Phi) is 14.9. The summed E-state index contributed by atoms with van der Waals surface area (Å²) < 4.78 is 20.4. The van der Waals surface area contributed by atoms with E-state index in [1.54, 1.807) is 7.11 Å². The lowest BCUT2D eigenvalue weighted by Gasteiger charge is -2.43. The van der Waals surface area contributed by atoms with Gasteiger partial charge in [-0.25, -0.2) is 14.7 Å². The van der Waals surface area contributed by atoms with Crippen LogP contribution >= 0.6 is 0 Å². The number of nitrogens with one attached hydrogen (secondary N) is 2. The Morgan fingerprint density at radius 1 is 1.00 bits per heavy atom. The summed E-state index contributed by atoms with van der Waals surface area (Å²) in [5, 5.41) is 5.77. The fourth-order valence-electron chi connectivity index (χ4n) is 12.8. The van der Waals surface area contributed by atoms with Gasteiger partial charge in [0.2, 0.25) is 11.3 Å². The maximum Gasteiger partial charge on any atom is 0.324 e. The van der Waals surface area contributed by atoms with Crippen LogP contribution in [0.15, 0.2) is 60.7 Å². The molecule has 3 saturated heterocycles. The molecule has 7 atom stereocenters. The number of carbonyl (C=O) groups is 5. The highest BCUT2D eigenvalue weighted by Crippen LogP contribution is 2.58. The van der Waals surface area contributed by atoms with Gasteiger partial charge < -0.3 is 24.1 Å². The van der Waals surface area contributed by atoms with E-state index in [-0.39, 0.29) is 71.3 Å². The summed E-state index contributed by atoms with van der Waals surface area (Å²) in [6.45, 7) is 16.5. The maximum absolute atomic E-state index is 15.1. The van der Waals surface area contributed by atoms with Gasteiger partial charge in [0.25, 0.3) is 11.8 Å². The monoisotopic (exact) mass is 996 g/mol. The van der Waals surface area contributed by atoms with Crippen LogP contribution in [-0.4, -0.2) is 133 Å². The number of esters is 1. The number of hydrazine groups is 1. The van der Waals surface area contributed by atoms with Gasteiger partial charge in [0.1, 0.15) is 12.1 Å². The number of benzene rings is 3. The number of amides is 3. The van der Waals surface area contributed by atoms with Gasteiger partial charge >= 0.3 is 11.9 Å². The highest BCUT2D eigenvalue weighted by molar-refractivity contribution is 5.98. The molecule has 0 spiro atoms. The third-order valence-electron chi connectivity index (χ3n) is 17.0. The Morgan fingerprint density at radius 2 is 1.75 bits per heavy atom. The van der Waals surface area contributed by atoms with E-state index in [0.717, 1.165) is 68.6 Å². The minimum Gasteiger partial charge on any atom is -0.464 e. The SMILES string of the molecule is CC[C@H](CCCC(=O)C#CCN1CCOCC1)C(=O)[N+]1(C)C[C@@]1(C(=O)N[C@H]1Cc2cccc(c2)-c2ccc3c(c2)c2c(n3C)-c3cccc(C)c3[C@@H](OC)C2C(C)(C)COC(=O)[C@@H]2CCCN(N2)C1=O)C(C)C. The Bertz CT molecular complexity index is 2870. The fourth-order valence-corrected chi connectivity index (χ4v) is 12.8. The molecule has 0 radical (unpaired) electrons. The predicted molar refractivity (Wildman–Crippen MR) is 281 cm³/mol. The molecule has 73 heavy (non-hydrogen) atoms. The van der Waals surface area contributed by atoms with Crippen molar-refractivity contribution in [3.63, 3.8) is 0 Å². The second kappa shape index (κ2) is 20.9. The van der Waals surface area contributed by atoms with E-state index in [9.17, 15) is 14.4 Å². The molecule has 14 heteroatoms. The van der Waals surface area contributed by atoms with Crippen LogP contribution < -0.4 is 10.7 Å². The topological polar surface area (TPSA) is 149 Å². The summed E-state index contributed by atoms with van der Waals surface area (Å²) in [6, 6.07) is 19.3. The van der Waals surface area contributed by atoms with E-state index in [1.165, 1.54) is 5.01 Å². The van der Waals surface area contributed by atoms with Crippen LogP contribution in [-0.2, 0) is 51.7 Å². The zero-order chi connectivity index (χ0) is 52.0. The first-order chi connectivity index (χ1) is 34.9. The van der Waals surface area contributed by atoms with E-state index < -0.39 is 29.0 Å². The number of morpholine rings is 1. The molecular weight excluding hydrogens is 921 g/mol. The van der Waals surface area contributed by atoms with Crippen molar-refractivity contribution in [3.05, 3.63) is 82.9 Å². The second-order valence-electron chi connectivity index (χ2n) is 22.4. The van der Waals surface area contributed by atoms with Crippen molar-refractivity contribution in [2.24, 2.45) is 24.3 Å². The van der Waals surface area contributed by atoms with Crippen LogP contribution in [0.2, 0.25) is 0 Å². The van der Waals surface area contributed by atoms with Gasteiger partial charge in [0.15, 0.2) is 6.54 Å². The number of rotatable bonds is 11.